The Morgan fingerprint density at radius 3 is 2.83 bits per heavy atom. The number of nitrogens with two attached hydrogens (primary N) is 1. The monoisotopic (exact) mass is 311 g/mol. The predicted molar refractivity (Wildman–Crippen MR) is 90.9 cm³/mol. The van der Waals surface area contributed by atoms with Gasteiger partial charge in [-0.25, -0.2) is 5.10 Å². The van der Waals surface area contributed by atoms with E-state index in [-0.39, 0.29) is 12.1 Å². The van der Waals surface area contributed by atoms with E-state index in [0.29, 0.717) is 17.0 Å². The Hall–Kier alpha value is -2.47. The van der Waals surface area contributed by atoms with Crippen molar-refractivity contribution in [2.75, 3.05) is 0 Å². The van der Waals surface area contributed by atoms with Gasteiger partial charge in [0.2, 0.25) is 0 Å². The molecule has 0 saturated carbocycles. The zero-order valence-corrected chi connectivity index (χ0v) is 13.4. The first kappa shape index (κ1) is 15.4. The molecule has 120 valence electrons. The Morgan fingerprint density at radius 1 is 1.26 bits per heavy atom. The van der Waals surface area contributed by atoms with Gasteiger partial charge in [0.1, 0.15) is 0 Å². The van der Waals surface area contributed by atoms with Gasteiger partial charge in [-0.2, -0.15) is 10.2 Å². The highest BCUT2D eigenvalue weighted by Crippen LogP contribution is 2.24. The summed E-state index contributed by atoms with van der Waals surface area (Å²) in [7, 11) is 0. The van der Waals surface area contributed by atoms with Crippen molar-refractivity contribution in [3.8, 4) is 11.1 Å². The molecule has 6 heteroatoms. The van der Waals surface area contributed by atoms with Crippen molar-refractivity contribution in [2.24, 2.45) is 11.7 Å². The number of H-pyrrole nitrogens is 1. The molecule has 0 saturated heterocycles. The minimum absolute atomic E-state index is 0.198. The van der Waals surface area contributed by atoms with Crippen molar-refractivity contribution in [1.29, 1.82) is 0 Å². The number of rotatable bonds is 5. The number of nitrogens with one attached hydrogen (secondary N) is 1. The summed E-state index contributed by atoms with van der Waals surface area (Å²) in [6.07, 6.45) is 4.98. The van der Waals surface area contributed by atoms with Crippen LogP contribution >= 0.6 is 0 Å². The minimum Gasteiger partial charge on any atom is -0.325 e. The lowest BCUT2D eigenvalue weighted by Gasteiger charge is -2.05. The van der Waals surface area contributed by atoms with Gasteiger partial charge < -0.3 is 5.73 Å². The molecule has 0 aliphatic carbocycles. The van der Waals surface area contributed by atoms with Gasteiger partial charge in [-0.05, 0) is 30.0 Å². The molecule has 0 spiro atoms. The molecule has 0 aliphatic rings. The molecule has 2 aromatic heterocycles. The fourth-order valence-electron chi connectivity index (χ4n) is 2.58. The molecular formula is C17H21N5O. The van der Waals surface area contributed by atoms with E-state index >= 15 is 0 Å². The zero-order chi connectivity index (χ0) is 16.4. The van der Waals surface area contributed by atoms with E-state index in [1.807, 2.05) is 35.3 Å². The molecule has 2 heterocycles. The topological polar surface area (TPSA) is 89.6 Å². The molecule has 0 bridgehead atoms. The Balaban J connectivity index is 1.99. The van der Waals surface area contributed by atoms with Crippen LogP contribution in [-0.4, -0.2) is 20.0 Å². The standard InChI is InChI=1S/C17H21N5O/c1-11(2)5-6-22-10-13(9-19-22)12-3-4-14-15(7-12)16(8-18)20-21-17(14)23/h3-4,7,9-11H,5-6,8,18H2,1-2H3,(H,21,23). The third-order valence-electron chi connectivity index (χ3n) is 3.96. The molecule has 3 N–H and O–H groups in total. The predicted octanol–water partition coefficient (Wildman–Crippen LogP) is 2.29. The van der Waals surface area contributed by atoms with Gasteiger partial charge >= 0.3 is 0 Å². The summed E-state index contributed by atoms with van der Waals surface area (Å²) in [4.78, 5) is 11.9. The van der Waals surface area contributed by atoms with E-state index < -0.39 is 0 Å². The number of fused-ring (bicyclic) bond motifs is 1. The van der Waals surface area contributed by atoms with E-state index in [1.165, 1.54) is 0 Å². The summed E-state index contributed by atoms with van der Waals surface area (Å²) in [5, 5.41) is 12.3. The van der Waals surface area contributed by atoms with Gasteiger partial charge in [-0.3, -0.25) is 9.48 Å². The van der Waals surface area contributed by atoms with Crippen LogP contribution in [0.15, 0.2) is 35.4 Å². The molecule has 3 rings (SSSR count). The molecule has 6 nitrogen and oxygen atoms in total. The summed E-state index contributed by atoms with van der Waals surface area (Å²) in [5.74, 6) is 0.647. The molecule has 23 heavy (non-hydrogen) atoms. The van der Waals surface area contributed by atoms with E-state index in [1.54, 1.807) is 0 Å². The first-order chi connectivity index (χ1) is 11.1. The van der Waals surface area contributed by atoms with Crippen molar-refractivity contribution in [1.82, 2.24) is 20.0 Å². The number of aryl methyl sites for hydroxylation is 1. The highest BCUT2D eigenvalue weighted by molar-refractivity contribution is 5.88. The minimum atomic E-state index is -0.198. The van der Waals surface area contributed by atoms with Crippen LogP contribution in [0.1, 0.15) is 26.0 Å². The maximum Gasteiger partial charge on any atom is 0.272 e. The number of hydrogen-bond acceptors (Lipinski definition) is 4. The zero-order valence-electron chi connectivity index (χ0n) is 13.4. The molecular weight excluding hydrogens is 290 g/mol. The van der Waals surface area contributed by atoms with Gasteiger partial charge in [0, 0.05) is 30.2 Å². The number of nitrogens with zero attached hydrogens (tertiary/aromatic N) is 3. The van der Waals surface area contributed by atoms with E-state index in [9.17, 15) is 4.79 Å². The number of aromatic nitrogens is 4. The number of aromatic amines is 1. The van der Waals surface area contributed by atoms with Gasteiger partial charge in [-0.15, -0.1) is 0 Å². The van der Waals surface area contributed by atoms with Gasteiger partial charge in [0.25, 0.3) is 5.56 Å². The molecule has 0 fully saturated rings. The van der Waals surface area contributed by atoms with Crippen LogP contribution in [-0.2, 0) is 13.1 Å². The van der Waals surface area contributed by atoms with Gasteiger partial charge in [-0.1, -0.05) is 19.9 Å². The smallest absolute Gasteiger partial charge is 0.272 e. The van der Waals surface area contributed by atoms with Gasteiger partial charge in [0.05, 0.1) is 17.3 Å². The summed E-state index contributed by atoms with van der Waals surface area (Å²) in [6.45, 7) is 5.59. The van der Waals surface area contributed by atoms with Crippen molar-refractivity contribution in [3.05, 3.63) is 46.6 Å². The largest absolute Gasteiger partial charge is 0.325 e. The molecule has 0 unspecified atom stereocenters. The summed E-state index contributed by atoms with van der Waals surface area (Å²) < 4.78 is 1.96. The molecule has 3 aromatic rings. The molecule has 0 atom stereocenters. The summed E-state index contributed by atoms with van der Waals surface area (Å²) in [5.41, 5.74) is 8.25. The van der Waals surface area contributed by atoms with Crippen LogP contribution in [0.25, 0.3) is 21.9 Å². The fourth-order valence-corrected chi connectivity index (χ4v) is 2.58. The average Bonchev–Trinajstić information content (AvgIpc) is 3.02. The number of hydrogen-bond donors (Lipinski definition) is 2. The second-order valence-electron chi connectivity index (χ2n) is 6.14. The molecule has 0 aliphatic heterocycles. The van der Waals surface area contributed by atoms with Crippen molar-refractivity contribution in [3.63, 3.8) is 0 Å². The highest BCUT2D eigenvalue weighted by Gasteiger charge is 2.09. The summed E-state index contributed by atoms with van der Waals surface area (Å²) >= 11 is 0. The SMILES string of the molecule is CC(C)CCn1cc(-c2ccc3c(=O)[nH]nc(CN)c3c2)cn1. The van der Waals surface area contributed by atoms with Crippen LogP contribution in [0.2, 0.25) is 0 Å². The Kier molecular flexibility index (Phi) is 4.25. The first-order valence-electron chi connectivity index (χ1n) is 7.82. The van der Waals surface area contributed by atoms with Crippen molar-refractivity contribution >= 4 is 10.8 Å². The Labute approximate surface area is 134 Å². The lowest BCUT2D eigenvalue weighted by Crippen LogP contribution is -2.13. The normalized spacial score (nSPS) is 11.5. The van der Waals surface area contributed by atoms with E-state index in [0.717, 1.165) is 29.5 Å². The van der Waals surface area contributed by atoms with E-state index in [4.69, 9.17) is 5.73 Å². The molecule has 0 amide bonds. The van der Waals surface area contributed by atoms with Crippen LogP contribution < -0.4 is 11.3 Å². The summed E-state index contributed by atoms with van der Waals surface area (Å²) in [6, 6.07) is 5.71. The van der Waals surface area contributed by atoms with Crippen LogP contribution in [0.5, 0.6) is 0 Å². The third-order valence-corrected chi connectivity index (χ3v) is 3.96. The quantitative estimate of drug-likeness (QED) is 0.756. The van der Waals surface area contributed by atoms with Crippen LogP contribution in [0, 0.1) is 5.92 Å². The second kappa shape index (κ2) is 6.34. The second-order valence-corrected chi connectivity index (χ2v) is 6.14. The third kappa shape index (κ3) is 3.17. The number of benzene rings is 1. The fraction of sp³-hybridized carbons (Fsp3) is 0.353. The molecule has 1 aromatic carbocycles. The van der Waals surface area contributed by atoms with Gasteiger partial charge in [0.15, 0.2) is 0 Å². The van der Waals surface area contributed by atoms with Crippen LogP contribution in [0.3, 0.4) is 0 Å². The lowest BCUT2D eigenvalue weighted by molar-refractivity contribution is 0.487. The first-order valence-corrected chi connectivity index (χ1v) is 7.82. The Morgan fingerprint density at radius 2 is 2.09 bits per heavy atom. The molecule has 0 radical (unpaired) electrons. The van der Waals surface area contributed by atoms with Crippen LogP contribution in [0.4, 0.5) is 0 Å². The maximum absolute atomic E-state index is 11.9. The Bertz CT molecular complexity index is 878. The highest BCUT2D eigenvalue weighted by atomic mass is 16.1. The van der Waals surface area contributed by atoms with Crippen molar-refractivity contribution in [2.45, 2.75) is 33.4 Å². The van der Waals surface area contributed by atoms with E-state index in [2.05, 4.69) is 29.1 Å². The van der Waals surface area contributed by atoms with Crippen molar-refractivity contribution < 1.29 is 0 Å². The average molecular weight is 311 g/mol. The maximum atomic E-state index is 11.9. The lowest BCUT2D eigenvalue weighted by atomic mass is 10.0.